The van der Waals surface area contributed by atoms with E-state index in [0.29, 0.717) is 18.8 Å². The number of aliphatic hydroxyl groups is 1. The molecule has 2 saturated heterocycles. The quantitative estimate of drug-likeness (QED) is 0.801. The third-order valence-corrected chi connectivity index (χ3v) is 4.19. The highest BCUT2D eigenvalue weighted by atomic mass is 16.5. The van der Waals surface area contributed by atoms with Gasteiger partial charge in [0.1, 0.15) is 0 Å². The summed E-state index contributed by atoms with van der Waals surface area (Å²) in [5, 5.41) is 8.92. The second-order valence-electron chi connectivity index (χ2n) is 6.20. The van der Waals surface area contributed by atoms with E-state index < -0.39 is 0 Å². The highest BCUT2D eigenvalue weighted by molar-refractivity contribution is 4.86. The van der Waals surface area contributed by atoms with Gasteiger partial charge in [-0.3, -0.25) is 4.90 Å². The fourth-order valence-electron chi connectivity index (χ4n) is 3.26. The van der Waals surface area contributed by atoms with E-state index in [1.807, 2.05) is 0 Å². The van der Waals surface area contributed by atoms with E-state index in [-0.39, 0.29) is 5.60 Å². The predicted octanol–water partition coefficient (Wildman–Crippen LogP) is 2.18. The van der Waals surface area contributed by atoms with Crippen LogP contribution in [0.25, 0.3) is 0 Å². The van der Waals surface area contributed by atoms with Crippen LogP contribution in [-0.2, 0) is 4.74 Å². The van der Waals surface area contributed by atoms with Crippen molar-refractivity contribution < 1.29 is 9.84 Å². The lowest BCUT2D eigenvalue weighted by Crippen LogP contribution is -2.37. The maximum absolute atomic E-state index is 8.92. The van der Waals surface area contributed by atoms with E-state index in [0.717, 1.165) is 19.4 Å². The molecule has 3 nitrogen and oxygen atoms in total. The third kappa shape index (κ3) is 3.67. The third-order valence-electron chi connectivity index (χ3n) is 4.19. The van der Waals surface area contributed by atoms with Crippen LogP contribution in [0.15, 0.2) is 0 Å². The first-order chi connectivity index (χ1) is 8.11. The molecule has 0 bridgehead atoms. The van der Waals surface area contributed by atoms with E-state index in [1.54, 1.807) is 0 Å². The Hall–Kier alpha value is -0.120. The van der Waals surface area contributed by atoms with Crippen molar-refractivity contribution in [3.63, 3.8) is 0 Å². The first-order valence-corrected chi connectivity index (χ1v) is 7.13. The number of ether oxygens (including phenoxy) is 1. The number of hydrogen-bond donors (Lipinski definition) is 1. The zero-order chi connectivity index (χ0) is 12.3. The molecule has 0 saturated carbocycles. The predicted molar refractivity (Wildman–Crippen MR) is 69.1 cm³/mol. The molecule has 0 amide bonds. The summed E-state index contributed by atoms with van der Waals surface area (Å²) >= 11 is 0. The van der Waals surface area contributed by atoms with E-state index in [4.69, 9.17) is 9.84 Å². The van der Waals surface area contributed by atoms with E-state index >= 15 is 0 Å². The molecule has 2 heterocycles. The number of nitrogens with zero attached hydrogens (tertiary/aromatic N) is 1. The van der Waals surface area contributed by atoms with Gasteiger partial charge in [0.25, 0.3) is 0 Å². The molecule has 1 N–H and O–H groups in total. The van der Waals surface area contributed by atoms with Gasteiger partial charge in [-0.25, -0.2) is 0 Å². The summed E-state index contributed by atoms with van der Waals surface area (Å²) in [5.74, 6) is 0. The molecule has 0 aromatic heterocycles. The minimum absolute atomic E-state index is 0.0883. The normalized spacial score (nSPS) is 33.4. The average molecular weight is 241 g/mol. The van der Waals surface area contributed by atoms with Crippen LogP contribution in [0.2, 0.25) is 0 Å². The Morgan fingerprint density at radius 2 is 2.18 bits per heavy atom. The Kier molecular flexibility index (Phi) is 4.45. The second kappa shape index (κ2) is 5.68. The smallest absolute Gasteiger partial charge is 0.0710 e. The molecular formula is C14H27NO2. The fourth-order valence-corrected chi connectivity index (χ4v) is 3.26. The lowest BCUT2D eigenvalue weighted by atomic mass is 10.1. The molecule has 0 radical (unpaired) electrons. The lowest BCUT2D eigenvalue weighted by Gasteiger charge is -2.28. The first-order valence-electron chi connectivity index (χ1n) is 7.13. The molecule has 0 aromatic rings. The standard InChI is InChI=1S/C14H27NO2/c1-14(2)8-7-13(17-14)11-15-9-3-5-12(15)6-4-10-16/h12-13,16H,3-11H2,1-2H3. The van der Waals surface area contributed by atoms with Gasteiger partial charge in [0.05, 0.1) is 11.7 Å². The van der Waals surface area contributed by atoms with Crippen molar-refractivity contribution in [2.75, 3.05) is 19.7 Å². The van der Waals surface area contributed by atoms with Crippen LogP contribution in [0, 0.1) is 0 Å². The van der Waals surface area contributed by atoms with Crippen molar-refractivity contribution in [2.45, 2.75) is 70.1 Å². The average Bonchev–Trinajstić information content (AvgIpc) is 2.83. The van der Waals surface area contributed by atoms with Gasteiger partial charge in [-0.1, -0.05) is 0 Å². The highest BCUT2D eigenvalue weighted by Crippen LogP contribution is 2.31. The molecule has 0 spiro atoms. The molecular weight excluding hydrogens is 214 g/mol. The summed E-state index contributed by atoms with van der Waals surface area (Å²) in [7, 11) is 0. The molecule has 2 unspecified atom stereocenters. The van der Waals surface area contributed by atoms with Crippen molar-refractivity contribution in [2.24, 2.45) is 0 Å². The van der Waals surface area contributed by atoms with Crippen LogP contribution in [0.4, 0.5) is 0 Å². The zero-order valence-corrected chi connectivity index (χ0v) is 11.3. The van der Waals surface area contributed by atoms with Crippen molar-refractivity contribution in [3.05, 3.63) is 0 Å². The number of likely N-dealkylation sites (tertiary alicyclic amines) is 1. The molecule has 17 heavy (non-hydrogen) atoms. The number of rotatable bonds is 5. The number of aliphatic hydroxyl groups excluding tert-OH is 1. The van der Waals surface area contributed by atoms with Gasteiger partial charge < -0.3 is 9.84 Å². The maximum Gasteiger partial charge on any atom is 0.0710 e. The Morgan fingerprint density at radius 1 is 1.35 bits per heavy atom. The SMILES string of the molecule is CC1(C)CCC(CN2CCCC2CCCO)O1. The number of hydrogen-bond acceptors (Lipinski definition) is 3. The molecule has 3 heteroatoms. The van der Waals surface area contributed by atoms with Crippen molar-refractivity contribution in [3.8, 4) is 0 Å². The molecule has 100 valence electrons. The summed E-state index contributed by atoms with van der Waals surface area (Å²) in [6, 6.07) is 0.689. The summed E-state index contributed by atoms with van der Waals surface area (Å²) in [5.41, 5.74) is 0.0883. The molecule has 2 fully saturated rings. The Morgan fingerprint density at radius 3 is 2.82 bits per heavy atom. The molecule has 0 aliphatic carbocycles. The van der Waals surface area contributed by atoms with Gasteiger partial charge in [-0.05, 0) is 58.9 Å². The van der Waals surface area contributed by atoms with E-state index in [9.17, 15) is 0 Å². The van der Waals surface area contributed by atoms with Gasteiger partial charge in [0.2, 0.25) is 0 Å². The van der Waals surface area contributed by atoms with Gasteiger partial charge >= 0.3 is 0 Å². The minimum atomic E-state index is 0.0883. The van der Waals surface area contributed by atoms with Crippen LogP contribution in [-0.4, -0.2) is 47.4 Å². The van der Waals surface area contributed by atoms with Crippen molar-refractivity contribution >= 4 is 0 Å². The topological polar surface area (TPSA) is 32.7 Å². The minimum Gasteiger partial charge on any atom is -0.396 e. The first kappa shape index (κ1) is 13.3. The summed E-state index contributed by atoms with van der Waals surface area (Å²) in [6.07, 6.45) is 7.52. The summed E-state index contributed by atoms with van der Waals surface area (Å²) < 4.78 is 6.07. The highest BCUT2D eigenvalue weighted by Gasteiger charge is 2.34. The van der Waals surface area contributed by atoms with Crippen LogP contribution in [0.3, 0.4) is 0 Å². The Bertz CT molecular complexity index is 242. The molecule has 2 atom stereocenters. The van der Waals surface area contributed by atoms with Gasteiger partial charge in [-0.15, -0.1) is 0 Å². The molecule has 0 aromatic carbocycles. The Balaban J connectivity index is 1.78. The van der Waals surface area contributed by atoms with Crippen molar-refractivity contribution in [1.82, 2.24) is 4.90 Å². The fraction of sp³-hybridized carbons (Fsp3) is 1.00. The molecule has 2 rings (SSSR count). The van der Waals surface area contributed by atoms with Gasteiger partial charge in [0, 0.05) is 19.2 Å². The Labute approximate surface area is 105 Å². The maximum atomic E-state index is 8.92. The summed E-state index contributed by atoms with van der Waals surface area (Å²) in [6.45, 7) is 7.04. The van der Waals surface area contributed by atoms with Crippen LogP contribution in [0.1, 0.15) is 52.4 Å². The largest absolute Gasteiger partial charge is 0.396 e. The monoisotopic (exact) mass is 241 g/mol. The molecule has 2 aliphatic heterocycles. The van der Waals surface area contributed by atoms with E-state index in [2.05, 4.69) is 18.7 Å². The van der Waals surface area contributed by atoms with Crippen LogP contribution >= 0.6 is 0 Å². The van der Waals surface area contributed by atoms with Crippen LogP contribution < -0.4 is 0 Å². The van der Waals surface area contributed by atoms with Crippen LogP contribution in [0.5, 0.6) is 0 Å². The second-order valence-corrected chi connectivity index (χ2v) is 6.20. The lowest BCUT2D eigenvalue weighted by molar-refractivity contribution is -0.0305. The molecule has 2 aliphatic rings. The van der Waals surface area contributed by atoms with Crippen molar-refractivity contribution in [1.29, 1.82) is 0 Å². The van der Waals surface area contributed by atoms with Gasteiger partial charge in [-0.2, -0.15) is 0 Å². The summed E-state index contributed by atoms with van der Waals surface area (Å²) in [4.78, 5) is 2.59. The van der Waals surface area contributed by atoms with E-state index in [1.165, 1.54) is 32.2 Å². The van der Waals surface area contributed by atoms with Gasteiger partial charge in [0.15, 0.2) is 0 Å². The zero-order valence-electron chi connectivity index (χ0n) is 11.3.